The molecule has 1 N–H and O–H groups in total. The number of amides is 1. The maximum absolute atomic E-state index is 11.7. The molecular weight excluding hydrogens is 301 g/mol. The molecule has 0 radical (unpaired) electrons. The third-order valence-corrected chi connectivity index (χ3v) is 3.28. The first-order chi connectivity index (χ1) is 9.60. The molecule has 2 aromatic rings. The topological polar surface area (TPSA) is 47.6 Å². The molecule has 0 saturated heterocycles. The summed E-state index contributed by atoms with van der Waals surface area (Å²) in [7, 11) is 1.56. The fraction of sp³-hybridized carbons (Fsp3) is 0.0714. The largest absolute Gasteiger partial charge is 0.497 e. The first kappa shape index (κ1) is 14.5. The van der Waals surface area contributed by atoms with Crippen molar-refractivity contribution >= 4 is 35.0 Å². The van der Waals surface area contributed by atoms with Gasteiger partial charge in [0.2, 0.25) is 0 Å². The van der Waals surface area contributed by atoms with Gasteiger partial charge in [0.1, 0.15) is 11.5 Å². The Bertz CT molecular complexity index is 614. The highest BCUT2D eigenvalue weighted by molar-refractivity contribution is 6.43. The van der Waals surface area contributed by atoms with Gasteiger partial charge in [-0.3, -0.25) is 5.32 Å². The fourth-order valence-electron chi connectivity index (χ4n) is 1.49. The minimum absolute atomic E-state index is 0.265. The van der Waals surface area contributed by atoms with Gasteiger partial charge in [-0.1, -0.05) is 29.3 Å². The van der Waals surface area contributed by atoms with Crippen molar-refractivity contribution in [3.8, 4) is 11.5 Å². The lowest BCUT2D eigenvalue weighted by Gasteiger charge is -2.09. The van der Waals surface area contributed by atoms with Gasteiger partial charge in [0.15, 0.2) is 0 Å². The van der Waals surface area contributed by atoms with Crippen LogP contribution in [0, 0.1) is 0 Å². The summed E-state index contributed by atoms with van der Waals surface area (Å²) in [6, 6.07) is 11.6. The van der Waals surface area contributed by atoms with Crippen LogP contribution in [0.4, 0.5) is 10.5 Å². The fourth-order valence-corrected chi connectivity index (χ4v) is 1.83. The Balaban J connectivity index is 2.03. The molecule has 0 aliphatic carbocycles. The van der Waals surface area contributed by atoms with Crippen molar-refractivity contribution < 1.29 is 14.3 Å². The van der Waals surface area contributed by atoms with Crippen LogP contribution in [0.15, 0.2) is 42.5 Å². The molecule has 0 saturated carbocycles. The van der Waals surface area contributed by atoms with E-state index in [-0.39, 0.29) is 5.02 Å². The van der Waals surface area contributed by atoms with Crippen molar-refractivity contribution in [2.75, 3.05) is 12.4 Å². The van der Waals surface area contributed by atoms with Crippen molar-refractivity contribution in [1.82, 2.24) is 0 Å². The predicted molar refractivity (Wildman–Crippen MR) is 79.1 cm³/mol. The molecule has 6 heteroatoms. The van der Waals surface area contributed by atoms with Crippen molar-refractivity contribution in [2.24, 2.45) is 0 Å². The number of hydrogen-bond acceptors (Lipinski definition) is 3. The highest BCUT2D eigenvalue weighted by atomic mass is 35.5. The standard InChI is InChI=1S/C14H11Cl2NO3/c1-19-9-5-7-10(8-6-9)20-14(18)17-12-4-2-3-11(15)13(12)16/h2-8H,1H3,(H,17,18). The maximum atomic E-state index is 11.7. The van der Waals surface area contributed by atoms with Crippen molar-refractivity contribution in [1.29, 1.82) is 0 Å². The molecule has 0 unspecified atom stereocenters. The second-order valence-electron chi connectivity index (χ2n) is 3.79. The maximum Gasteiger partial charge on any atom is 0.417 e. The molecule has 0 heterocycles. The molecule has 4 nitrogen and oxygen atoms in total. The zero-order valence-corrected chi connectivity index (χ0v) is 12.0. The number of nitrogens with one attached hydrogen (secondary N) is 1. The van der Waals surface area contributed by atoms with Crippen molar-refractivity contribution in [2.45, 2.75) is 0 Å². The first-order valence-corrected chi connectivity index (χ1v) is 6.42. The van der Waals surface area contributed by atoms with Crippen LogP contribution in [0.5, 0.6) is 11.5 Å². The van der Waals surface area contributed by atoms with E-state index in [1.165, 1.54) is 0 Å². The molecule has 2 rings (SSSR count). The van der Waals surface area contributed by atoms with Gasteiger partial charge >= 0.3 is 6.09 Å². The van der Waals surface area contributed by atoms with E-state index >= 15 is 0 Å². The Kier molecular flexibility index (Phi) is 4.71. The molecule has 2 aromatic carbocycles. The minimum Gasteiger partial charge on any atom is -0.497 e. The van der Waals surface area contributed by atoms with Gasteiger partial charge in [0.05, 0.1) is 22.8 Å². The predicted octanol–water partition coefficient (Wildman–Crippen LogP) is 4.61. The first-order valence-electron chi connectivity index (χ1n) is 5.67. The molecule has 0 aliphatic rings. The molecule has 104 valence electrons. The molecule has 0 aromatic heterocycles. The molecule has 0 bridgehead atoms. The van der Waals surface area contributed by atoms with Gasteiger partial charge in [-0.15, -0.1) is 0 Å². The van der Waals surface area contributed by atoms with E-state index in [0.29, 0.717) is 22.2 Å². The van der Waals surface area contributed by atoms with E-state index in [2.05, 4.69) is 5.32 Å². The van der Waals surface area contributed by atoms with Gasteiger partial charge in [-0.2, -0.15) is 0 Å². The Hall–Kier alpha value is -1.91. The van der Waals surface area contributed by atoms with Crippen LogP contribution < -0.4 is 14.8 Å². The van der Waals surface area contributed by atoms with Gasteiger partial charge in [-0.25, -0.2) is 4.79 Å². The number of halogens is 2. The lowest BCUT2D eigenvalue weighted by molar-refractivity contribution is 0.215. The molecule has 0 spiro atoms. The molecular formula is C14H11Cl2NO3. The summed E-state index contributed by atoms with van der Waals surface area (Å²) in [6.07, 6.45) is -0.653. The number of carbonyl (C=O) groups is 1. The molecule has 1 amide bonds. The second-order valence-corrected chi connectivity index (χ2v) is 4.58. The average Bonchev–Trinajstić information content (AvgIpc) is 2.45. The third kappa shape index (κ3) is 3.56. The van der Waals surface area contributed by atoms with Crippen LogP contribution in [0.3, 0.4) is 0 Å². The van der Waals surface area contributed by atoms with E-state index < -0.39 is 6.09 Å². The Morgan fingerprint density at radius 1 is 1.05 bits per heavy atom. The van der Waals surface area contributed by atoms with Crippen LogP contribution in [-0.4, -0.2) is 13.2 Å². The van der Waals surface area contributed by atoms with Gasteiger partial charge in [-0.05, 0) is 36.4 Å². The monoisotopic (exact) mass is 311 g/mol. The zero-order chi connectivity index (χ0) is 14.5. The summed E-state index contributed by atoms with van der Waals surface area (Å²) in [5.41, 5.74) is 0.387. The number of benzene rings is 2. The van der Waals surface area contributed by atoms with E-state index in [0.717, 1.165) is 0 Å². The summed E-state index contributed by atoms with van der Waals surface area (Å²) in [4.78, 5) is 11.7. The summed E-state index contributed by atoms with van der Waals surface area (Å²) in [5.74, 6) is 1.07. The third-order valence-electron chi connectivity index (χ3n) is 2.46. The summed E-state index contributed by atoms with van der Waals surface area (Å²) < 4.78 is 10.1. The summed E-state index contributed by atoms with van der Waals surface area (Å²) in [5, 5.41) is 3.14. The van der Waals surface area contributed by atoms with Gasteiger partial charge in [0, 0.05) is 0 Å². The number of rotatable bonds is 3. The zero-order valence-electron chi connectivity index (χ0n) is 10.5. The number of ether oxygens (including phenoxy) is 2. The Labute approximate surface area is 126 Å². The Morgan fingerprint density at radius 3 is 2.35 bits per heavy atom. The van der Waals surface area contributed by atoms with E-state index in [9.17, 15) is 4.79 Å². The van der Waals surface area contributed by atoms with E-state index in [4.69, 9.17) is 32.7 Å². The number of carbonyl (C=O) groups excluding carboxylic acids is 1. The van der Waals surface area contributed by atoms with Crippen LogP contribution in [0.2, 0.25) is 10.0 Å². The van der Waals surface area contributed by atoms with E-state index in [1.807, 2.05) is 0 Å². The quantitative estimate of drug-likeness (QED) is 0.900. The van der Waals surface area contributed by atoms with Gasteiger partial charge in [0.25, 0.3) is 0 Å². The SMILES string of the molecule is COc1ccc(OC(=O)Nc2cccc(Cl)c2Cl)cc1. The highest BCUT2D eigenvalue weighted by Gasteiger charge is 2.09. The van der Waals surface area contributed by atoms with Crippen LogP contribution >= 0.6 is 23.2 Å². The van der Waals surface area contributed by atoms with Crippen LogP contribution in [-0.2, 0) is 0 Å². The Morgan fingerprint density at radius 2 is 1.70 bits per heavy atom. The summed E-state index contributed by atoms with van der Waals surface area (Å²) >= 11 is 11.8. The summed E-state index contributed by atoms with van der Waals surface area (Å²) in [6.45, 7) is 0. The average molecular weight is 312 g/mol. The van der Waals surface area contributed by atoms with Crippen molar-refractivity contribution in [3.05, 3.63) is 52.5 Å². The van der Waals surface area contributed by atoms with Crippen molar-refractivity contribution in [3.63, 3.8) is 0 Å². The van der Waals surface area contributed by atoms with Crippen LogP contribution in [0.1, 0.15) is 0 Å². The molecule has 0 atom stereocenters. The number of hydrogen-bond donors (Lipinski definition) is 1. The lowest BCUT2D eigenvalue weighted by atomic mass is 10.3. The number of methoxy groups -OCH3 is 1. The van der Waals surface area contributed by atoms with Crippen LogP contribution in [0.25, 0.3) is 0 Å². The highest BCUT2D eigenvalue weighted by Crippen LogP contribution is 2.29. The van der Waals surface area contributed by atoms with E-state index in [1.54, 1.807) is 49.6 Å². The minimum atomic E-state index is -0.653. The second kappa shape index (κ2) is 6.50. The molecule has 20 heavy (non-hydrogen) atoms. The normalized spacial score (nSPS) is 9.95. The number of anilines is 1. The smallest absolute Gasteiger partial charge is 0.417 e. The molecule has 0 fully saturated rings. The van der Waals surface area contributed by atoms with Gasteiger partial charge < -0.3 is 9.47 Å². The molecule has 0 aliphatic heterocycles. The lowest BCUT2D eigenvalue weighted by Crippen LogP contribution is -2.16.